The Kier molecular flexibility index (Phi) is 8.77. The molecule has 5 rings (SSSR count). The Hall–Kier alpha value is -4.27. The maximum atomic E-state index is 12.7. The summed E-state index contributed by atoms with van der Waals surface area (Å²) >= 11 is 0. The number of benzene rings is 1. The van der Waals surface area contributed by atoms with E-state index in [2.05, 4.69) is 31.0 Å². The Morgan fingerprint density at radius 1 is 1.11 bits per heavy atom. The van der Waals surface area contributed by atoms with E-state index in [1.165, 1.54) is 23.7 Å². The summed E-state index contributed by atoms with van der Waals surface area (Å²) in [6, 6.07) is 6.25. The number of hydrogen-bond donors (Lipinski definition) is 6. The zero-order valence-electron chi connectivity index (χ0n) is 23.7. The predicted molar refractivity (Wildman–Crippen MR) is 152 cm³/mol. The number of anilines is 3. The van der Waals surface area contributed by atoms with Crippen LogP contribution in [0.1, 0.15) is 29.2 Å². The zero-order chi connectivity index (χ0) is 31.6. The number of nitrogens with zero attached hydrogens (tertiary/aromatic N) is 6. The molecule has 236 valence electrons. The third-order valence-corrected chi connectivity index (χ3v) is 8.15. The van der Waals surface area contributed by atoms with Crippen LogP contribution < -0.4 is 20.7 Å². The quantitative estimate of drug-likeness (QED) is 0.139. The van der Waals surface area contributed by atoms with Gasteiger partial charge < -0.3 is 35.2 Å². The fourth-order valence-corrected chi connectivity index (χ4v) is 5.34. The summed E-state index contributed by atoms with van der Waals surface area (Å²) in [7, 11) is -1.85. The summed E-state index contributed by atoms with van der Waals surface area (Å²) in [5, 5.41) is 46.6. The van der Waals surface area contributed by atoms with Gasteiger partial charge in [-0.05, 0) is 25.0 Å². The van der Waals surface area contributed by atoms with Crippen LogP contribution in [0.25, 0.3) is 11.5 Å². The molecule has 0 atom stereocenters. The zero-order valence-corrected chi connectivity index (χ0v) is 24.5. The van der Waals surface area contributed by atoms with E-state index in [1.807, 2.05) is 4.90 Å². The van der Waals surface area contributed by atoms with Gasteiger partial charge in [0, 0.05) is 38.2 Å². The molecule has 0 unspecified atom stereocenters. The van der Waals surface area contributed by atoms with E-state index >= 15 is 0 Å². The number of para-hydroxylation sites is 1. The van der Waals surface area contributed by atoms with Crippen molar-refractivity contribution in [1.82, 2.24) is 34.9 Å². The molecule has 1 aliphatic heterocycles. The molecule has 2 aliphatic rings. The molecule has 1 aromatic carbocycles. The number of aromatic nitrogens is 4. The van der Waals surface area contributed by atoms with Gasteiger partial charge in [-0.15, -0.1) is 10.2 Å². The minimum absolute atomic E-state index is 0.0252. The van der Waals surface area contributed by atoms with Crippen molar-refractivity contribution in [2.24, 2.45) is 5.92 Å². The molecule has 3 heterocycles. The van der Waals surface area contributed by atoms with E-state index < -0.39 is 27.7 Å². The van der Waals surface area contributed by atoms with Crippen LogP contribution in [0, 0.1) is 5.92 Å². The highest BCUT2D eigenvalue weighted by Crippen LogP contribution is 2.38. The highest BCUT2D eigenvalue weighted by Gasteiger charge is 2.31. The lowest BCUT2D eigenvalue weighted by molar-refractivity contribution is -0.323. The summed E-state index contributed by atoms with van der Waals surface area (Å²) in [4.78, 5) is 31.4. The molecule has 3 aromatic rings. The van der Waals surface area contributed by atoms with Crippen LogP contribution in [0.15, 0.2) is 28.8 Å². The van der Waals surface area contributed by atoms with Crippen LogP contribution in [0.4, 0.5) is 17.2 Å². The maximum absolute atomic E-state index is 12.7. The lowest BCUT2D eigenvalue weighted by Crippen LogP contribution is -2.48. The van der Waals surface area contributed by atoms with Gasteiger partial charge in [0.2, 0.25) is 15.9 Å². The molecule has 0 spiro atoms. The normalized spacial score (nSPS) is 16.4. The first-order chi connectivity index (χ1) is 20.8. The van der Waals surface area contributed by atoms with Crippen molar-refractivity contribution in [1.29, 1.82) is 0 Å². The van der Waals surface area contributed by atoms with Crippen LogP contribution >= 0.6 is 0 Å². The van der Waals surface area contributed by atoms with Gasteiger partial charge in [-0.1, -0.05) is 11.2 Å². The molecule has 0 bridgehead atoms. The van der Waals surface area contributed by atoms with Crippen molar-refractivity contribution in [3.63, 3.8) is 0 Å². The van der Waals surface area contributed by atoms with Gasteiger partial charge in [-0.25, -0.2) is 8.42 Å². The van der Waals surface area contributed by atoms with Gasteiger partial charge in [0.1, 0.15) is 0 Å². The molecule has 1 saturated carbocycles. The van der Waals surface area contributed by atoms with Crippen molar-refractivity contribution in [3.8, 4) is 17.2 Å². The average molecular weight is 634 g/mol. The number of sulfonamides is 1. The summed E-state index contributed by atoms with van der Waals surface area (Å²) in [6.45, 7) is 2.05. The lowest BCUT2D eigenvalue weighted by atomic mass is 10.1. The molecule has 1 saturated heterocycles. The van der Waals surface area contributed by atoms with Gasteiger partial charge >= 0.3 is 6.10 Å². The summed E-state index contributed by atoms with van der Waals surface area (Å²) in [5.74, 6) is -0.822. The molecule has 6 N–H and O–H groups in total. The van der Waals surface area contributed by atoms with Crippen LogP contribution in [-0.2, 0) is 21.4 Å². The minimum Gasteiger partial charge on any atom is -0.494 e. The molecule has 44 heavy (non-hydrogen) atoms. The molecule has 1 aliphatic carbocycles. The third-order valence-electron chi connectivity index (χ3n) is 6.84. The van der Waals surface area contributed by atoms with Crippen molar-refractivity contribution in [2.75, 3.05) is 50.2 Å². The van der Waals surface area contributed by atoms with Crippen molar-refractivity contribution < 1.29 is 42.6 Å². The first-order valence-electron chi connectivity index (χ1n) is 13.4. The van der Waals surface area contributed by atoms with Gasteiger partial charge in [0.25, 0.3) is 11.8 Å². The number of rotatable bonds is 11. The topological polar surface area (TPSA) is 245 Å². The summed E-state index contributed by atoms with van der Waals surface area (Å²) in [6.07, 6.45) is -0.848. The Morgan fingerprint density at radius 3 is 2.48 bits per heavy atom. The molecule has 19 heteroatoms. The third kappa shape index (κ3) is 7.62. The van der Waals surface area contributed by atoms with Crippen LogP contribution in [0.3, 0.4) is 0 Å². The standard InChI is InChI=1S/C25H31N9O9S/c1-42-21-15(24-28-19(32-43-24)13-33-8-10-34(11-9-33)44(2,40)41)4-3-5-16(21)26-17-12-18(27-22(35)14-6-7-14)30-31-20(17)23(36)29-25(37,38)39/h3-5,12,14,37-39H,6-11,13H2,1-2H3,(H,29,36)(H2,26,27,30,35). The van der Waals surface area contributed by atoms with E-state index in [0.29, 0.717) is 49.8 Å². The highest BCUT2D eigenvalue weighted by atomic mass is 32.2. The summed E-state index contributed by atoms with van der Waals surface area (Å²) in [5.41, 5.74) is 0.224. The van der Waals surface area contributed by atoms with E-state index in [0.717, 1.165) is 12.8 Å². The van der Waals surface area contributed by atoms with Crippen molar-refractivity contribution >= 4 is 39.0 Å². The molecule has 2 amide bonds. The molecular formula is C25H31N9O9S. The van der Waals surface area contributed by atoms with Gasteiger partial charge in [0.05, 0.1) is 36.8 Å². The van der Waals surface area contributed by atoms with Crippen molar-refractivity contribution in [3.05, 3.63) is 35.8 Å². The number of carbonyl (C=O) groups excluding carboxylic acids is 2. The maximum Gasteiger partial charge on any atom is 0.369 e. The van der Waals surface area contributed by atoms with Crippen LogP contribution in [0.2, 0.25) is 0 Å². The highest BCUT2D eigenvalue weighted by molar-refractivity contribution is 7.88. The Morgan fingerprint density at radius 2 is 1.84 bits per heavy atom. The van der Waals surface area contributed by atoms with Crippen LogP contribution in [-0.4, -0.2) is 111 Å². The van der Waals surface area contributed by atoms with Gasteiger partial charge in [-0.2, -0.15) is 9.29 Å². The molecular weight excluding hydrogens is 602 g/mol. The Balaban J connectivity index is 1.38. The number of piperazine rings is 1. The summed E-state index contributed by atoms with van der Waals surface area (Å²) < 4.78 is 36.1. The monoisotopic (exact) mass is 633 g/mol. The Labute approximate surface area is 251 Å². The fourth-order valence-electron chi connectivity index (χ4n) is 4.52. The van der Waals surface area contributed by atoms with E-state index in [4.69, 9.17) is 9.26 Å². The number of amides is 2. The first kappa shape index (κ1) is 31.2. The predicted octanol–water partition coefficient (Wildman–Crippen LogP) is -0.977. The van der Waals surface area contributed by atoms with Crippen molar-refractivity contribution in [2.45, 2.75) is 25.5 Å². The second kappa shape index (κ2) is 12.4. The van der Waals surface area contributed by atoms with Crippen LogP contribution in [0.5, 0.6) is 5.75 Å². The second-order valence-corrected chi connectivity index (χ2v) is 12.3. The smallest absolute Gasteiger partial charge is 0.369 e. The van der Waals surface area contributed by atoms with Gasteiger partial charge in [-0.3, -0.25) is 19.8 Å². The fraction of sp³-hybridized carbons (Fsp3) is 0.440. The SMILES string of the molecule is COc1c(Nc2cc(NC(=O)C3CC3)nnc2C(=O)NC(O)(O)O)cccc1-c1nc(CN2CCN(S(C)(=O)=O)CC2)no1. The number of nitrogens with one attached hydrogen (secondary N) is 3. The molecule has 2 aromatic heterocycles. The van der Waals surface area contributed by atoms with E-state index in [9.17, 15) is 33.3 Å². The number of hydrogen-bond acceptors (Lipinski definition) is 15. The lowest BCUT2D eigenvalue weighted by Gasteiger charge is -2.32. The van der Waals surface area contributed by atoms with Gasteiger partial charge in [0.15, 0.2) is 23.1 Å². The minimum atomic E-state index is -3.52. The molecule has 2 fully saturated rings. The molecule has 0 radical (unpaired) electrons. The number of aliphatic hydroxyl groups is 3. The first-order valence-corrected chi connectivity index (χ1v) is 15.3. The number of methoxy groups -OCH3 is 1. The molecule has 18 nitrogen and oxygen atoms in total. The van der Waals surface area contributed by atoms with E-state index in [1.54, 1.807) is 23.5 Å². The second-order valence-electron chi connectivity index (χ2n) is 10.3. The number of ether oxygens (including phenoxy) is 1. The largest absolute Gasteiger partial charge is 0.494 e. The average Bonchev–Trinajstić information content (AvgIpc) is 3.71. The Bertz CT molecular complexity index is 1650. The number of carbonyl (C=O) groups is 2. The van der Waals surface area contributed by atoms with E-state index in [-0.39, 0.29) is 35.0 Å².